The number of carbonyl (C=O) groups is 1. The van der Waals surface area contributed by atoms with Gasteiger partial charge >= 0.3 is 0 Å². The van der Waals surface area contributed by atoms with E-state index in [4.69, 9.17) is 9.15 Å². The van der Waals surface area contributed by atoms with Crippen LogP contribution in [0.15, 0.2) is 28.8 Å². The lowest BCUT2D eigenvalue weighted by Gasteiger charge is -2.08. The van der Waals surface area contributed by atoms with Crippen molar-refractivity contribution in [2.24, 2.45) is 0 Å². The lowest BCUT2D eigenvalue weighted by atomic mass is 10.1. The fourth-order valence-corrected chi connectivity index (χ4v) is 1.71. The molecule has 1 aromatic carbocycles. The summed E-state index contributed by atoms with van der Waals surface area (Å²) in [5, 5.41) is 12.5. The van der Waals surface area contributed by atoms with Crippen LogP contribution >= 0.6 is 0 Å². The van der Waals surface area contributed by atoms with E-state index in [1.54, 1.807) is 18.3 Å². The van der Waals surface area contributed by atoms with E-state index in [0.717, 1.165) is 12.2 Å². The van der Waals surface area contributed by atoms with Crippen molar-refractivity contribution in [3.05, 3.63) is 41.6 Å². The van der Waals surface area contributed by atoms with Crippen molar-refractivity contribution >= 4 is 5.91 Å². The number of carbonyl (C=O) groups excluding carboxylic acids is 1. The Kier molecular flexibility index (Phi) is 4.24. The SMILES string of the molecule is CCc1cnc(CNC(=O)c2cccc(OC)c2O)o1. The molecule has 0 radical (unpaired) electrons. The number of amides is 1. The molecule has 1 amide bonds. The number of benzene rings is 1. The predicted molar refractivity (Wildman–Crippen MR) is 71.7 cm³/mol. The molecule has 0 aliphatic rings. The zero-order chi connectivity index (χ0) is 14.5. The zero-order valence-corrected chi connectivity index (χ0v) is 11.3. The largest absolute Gasteiger partial charge is 0.504 e. The Morgan fingerprint density at radius 2 is 2.30 bits per heavy atom. The smallest absolute Gasteiger partial charge is 0.255 e. The molecule has 0 atom stereocenters. The average molecular weight is 276 g/mol. The molecule has 0 aliphatic heterocycles. The minimum absolute atomic E-state index is 0.145. The molecule has 0 unspecified atom stereocenters. The van der Waals surface area contributed by atoms with Gasteiger partial charge in [-0.05, 0) is 12.1 Å². The second-order valence-corrected chi connectivity index (χ2v) is 4.11. The quantitative estimate of drug-likeness (QED) is 0.871. The first-order chi connectivity index (χ1) is 9.65. The first-order valence-electron chi connectivity index (χ1n) is 6.23. The summed E-state index contributed by atoms with van der Waals surface area (Å²) in [6.45, 7) is 2.12. The standard InChI is InChI=1S/C14H16N2O4/c1-3-9-7-15-12(20-9)8-16-14(18)10-5-4-6-11(19-2)13(10)17/h4-7,17H,3,8H2,1-2H3,(H,16,18). The lowest BCUT2D eigenvalue weighted by Crippen LogP contribution is -2.23. The first kappa shape index (κ1) is 13.9. The molecule has 1 aromatic heterocycles. The minimum atomic E-state index is -0.419. The van der Waals surface area contributed by atoms with Gasteiger partial charge in [0.25, 0.3) is 5.91 Å². The molecule has 20 heavy (non-hydrogen) atoms. The summed E-state index contributed by atoms with van der Waals surface area (Å²) in [6.07, 6.45) is 2.38. The molecule has 2 rings (SSSR count). The van der Waals surface area contributed by atoms with Crippen molar-refractivity contribution in [1.29, 1.82) is 0 Å². The summed E-state index contributed by atoms with van der Waals surface area (Å²) in [7, 11) is 1.43. The van der Waals surface area contributed by atoms with Crippen LogP contribution in [0.1, 0.15) is 28.9 Å². The van der Waals surface area contributed by atoms with Gasteiger partial charge < -0.3 is 19.6 Å². The van der Waals surface area contributed by atoms with E-state index in [1.165, 1.54) is 13.2 Å². The third-order valence-electron chi connectivity index (χ3n) is 2.81. The molecule has 1 heterocycles. The fourth-order valence-electron chi connectivity index (χ4n) is 1.71. The van der Waals surface area contributed by atoms with E-state index >= 15 is 0 Å². The van der Waals surface area contributed by atoms with Crippen LogP contribution in [0.5, 0.6) is 11.5 Å². The number of aromatic hydroxyl groups is 1. The third-order valence-corrected chi connectivity index (χ3v) is 2.81. The highest BCUT2D eigenvalue weighted by molar-refractivity contribution is 5.97. The molecular weight excluding hydrogens is 260 g/mol. The second-order valence-electron chi connectivity index (χ2n) is 4.11. The number of aromatic nitrogens is 1. The van der Waals surface area contributed by atoms with Gasteiger partial charge in [-0.2, -0.15) is 0 Å². The van der Waals surface area contributed by atoms with E-state index in [9.17, 15) is 9.90 Å². The number of hydrogen-bond acceptors (Lipinski definition) is 5. The van der Waals surface area contributed by atoms with Crippen LogP contribution in [0, 0.1) is 0 Å². The maximum absolute atomic E-state index is 12.0. The Bertz CT molecular complexity index is 607. The summed E-state index contributed by atoms with van der Waals surface area (Å²) in [4.78, 5) is 16.0. The number of hydrogen-bond donors (Lipinski definition) is 2. The van der Waals surface area contributed by atoms with Gasteiger partial charge in [0.2, 0.25) is 5.89 Å². The fraction of sp³-hybridized carbons (Fsp3) is 0.286. The number of nitrogens with one attached hydrogen (secondary N) is 1. The summed E-state index contributed by atoms with van der Waals surface area (Å²) in [5.74, 6) is 0.838. The number of phenolic OH excluding ortho intramolecular Hbond substituents is 1. The van der Waals surface area contributed by atoms with Gasteiger partial charge in [-0.1, -0.05) is 13.0 Å². The van der Waals surface area contributed by atoms with Crippen LogP contribution in [-0.2, 0) is 13.0 Å². The molecule has 6 heteroatoms. The van der Waals surface area contributed by atoms with Crippen LogP contribution in [0.25, 0.3) is 0 Å². The maximum atomic E-state index is 12.0. The van der Waals surface area contributed by atoms with E-state index in [0.29, 0.717) is 5.89 Å². The number of oxazole rings is 1. The van der Waals surface area contributed by atoms with E-state index < -0.39 is 5.91 Å². The number of para-hydroxylation sites is 1. The van der Waals surface area contributed by atoms with Crippen LogP contribution < -0.4 is 10.1 Å². The Balaban J connectivity index is 2.05. The van der Waals surface area contributed by atoms with Crippen LogP contribution in [0.4, 0.5) is 0 Å². The highest BCUT2D eigenvalue weighted by Crippen LogP contribution is 2.29. The van der Waals surface area contributed by atoms with Crippen LogP contribution in [0.2, 0.25) is 0 Å². The Hall–Kier alpha value is -2.50. The number of ether oxygens (including phenoxy) is 1. The molecule has 0 bridgehead atoms. The predicted octanol–water partition coefficient (Wildman–Crippen LogP) is 1.88. The third kappa shape index (κ3) is 2.90. The van der Waals surface area contributed by atoms with Crippen molar-refractivity contribution in [2.75, 3.05) is 7.11 Å². The van der Waals surface area contributed by atoms with E-state index in [2.05, 4.69) is 10.3 Å². The molecular formula is C14H16N2O4. The van der Waals surface area contributed by atoms with Crippen LogP contribution in [-0.4, -0.2) is 23.1 Å². The highest BCUT2D eigenvalue weighted by Gasteiger charge is 2.15. The number of rotatable bonds is 5. The van der Waals surface area contributed by atoms with Crippen molar-refractivity contribution in [3.8, 4) is 11.5 Å². The van der Waals surface area contributed by atoms with Gasteiger partial charge in [0.1, 0.15) is 5.76 Å². The van der Waals surface area contributed by atoms with Gasteiger partial charge in [0.15, 0.2) is 11.5 Å². The molecule has 0 spiro atoms. The summed E-state index contributed by atoms with van der Waals surface area (Å²) in [5.41, 5.74) is 0.145. The van der Waals surface area contributed by atoms with E-state index in [1.807, 2.05) is 6.92 Å². The van der Waals surface area contributed by atoms with Gasteiger partial charge in [0.05, 0.1) is 25.4 Å². The second kappa shape index (κ2) is 6.10. The van der Waals surface area contributed by atoms with Crippen molar-refractivity contribution in [1.82, 2.24) is 10.3 Å². The Labute approximate surface area is 116 Å². The van der Waals surface area contributed by atoms with Crippen LogP contribution in [0.3, 0.4) is 0 Å². The molecule has 0 saturated carbocycles. The monoisotopic (exact) mass is 276 g/mol. The molecule has 0 saturated heterocycles. The van der Waals surface area contributed by atoms with E-state index in [-0.39, 0.29) is 23.6 Å². The summed E-state index contributed by atoms with van der Waals surface area (Å²) in [6, 6.07) is 4.72. The molecule has 6 nitrogen and oxygen atoms in total. The van der Waals surface area contributed by atoms with Crippen molar-refractivity contribution < 1.29 is 19.1 Å². The van der Waals surface area contributed by atoms with Crippen molar-refractivity contribution in [3.63, 3.8) is 0 Å². The average Bonchev–Trinajstić information content (AvgIpc) is 2.93. The Morgan fingerprint density at radius 3 is 2.95 bits per heavy atom. The Morgan fingerprint density at radius 1 is 1.50 bits per heavy atom. The molecule has 2 aromatic rings. The highest BCUT2D eigenvalue weighted by atomic mass is 16.5. The molecule has 106 valence electrons. The number of methoxy groups -OCH3 is 1. The molecule has 2 N–H and O–H groups in total. The summed E-state index contributed by atoms with van der Waals surface area (Å²) < 4.78 is 10.3. The number of aryl methyl sites for hydroxylation is 1. The van der Waals surface area contributed by atoms with Gasteiger partial charge in [-0.25, -0.2) is 4.98 Å². The molecule has 0 fully saturated rings. The van der Waals surface area contributed by atoms with Gasteiger partial charge in [-0.3, -0.25) is 4.79 Å². The van der Waals surface area contributed by atoms with Crippen molar-refractivity contribution in [2.45, 2.75) is 19.9 Å². The lowest BCUT2D eigenvalue weighted by molar-refractivity contribution is 0.0943. The topological polar surface area (TPSA) is 84.6 Å². The number of nitrogens with zero attached hydrogens (tertiary/aromatic N) is 1. The maximum Gasteiger partial charge on any atom is 0.255 e. The minimum Gasteiger partial charge on any atom is -0.504 e. The van der Waals surface area contributed by atoms with Gasteiger partial charge in [0, 0.05) is 6.42 Å². The van der Waals surface area contributed by atoms with Gasteiger partial charge in [-0.15, -0.1) is 0 Å². The number of phenols is 1. The summed E-state index contributed by atoms with van der Waals surface area (Å²) >= 11 is 0. The normalized spacial score (nSPS) is 10.3. The zero-order valence-electron chi connectivity index (χ0n) is 11.3. The molecule has 0 aliphatic carbocycles. The first-order valence-corrected chi connectivity index (χ1v) is 6.23.